The second-order valence-electron chi connectivity index (χ2n) is 6.35. The van der Waals surface area contributed by atoms with Crippen LogP contribution in [0.2, 0.25) is 0 Å². The normalized spacial score (nSPS) is 19.4. The summed E-state index contributed by atoms with van der Waals surface area (Å²) in [5.74, 6) is 0.557. The van der Waals surface area contributed by atoms with Gasteiger partial charge in [-0.2, -0.15) is 4.31 Å². The zero-order valence-electron chi connectivity index (χ0n) is 12.3. The fourth-order valence-corrected chi connectivity index (χ4v) is 5.18. The summed E-state index contributed by atoms with van der Waals surface area (Å²) in [7, 11) is -1.93. The molecule has 2 rings (SSSR count). The third-order valence-electron chi connectivity index (χ3n) is 4.00. The van der Waals surface area contributed by atoms with Gasteiger partial charge in [-0.05, 0) is 40.1 Å². The van der Waals surface area contributed by atoms with Crippen molar-refractivity contribution < 1.29 is 8.42 Å². The zero-order chi connectivity index (χ0) is 15.1. The van der Waals surface area contributed by atoms with Crippen LogP contribution in [0.5, 0.6) is 0 Å². The average Bonchev–Trinajstić information content (AvgIpc) is 2.68. The molecular formula is C12H21BrN4O2S. The fraction of sp³-hybridized carbons (Fsp3) is 0.833. The molecule has 0 radical (unpaired) electrons. The predicted octanol–water partition coefficient (Wildman–Crippen LogP) is 2.02. The second-order valence-corrected chi connectivity index (χ2v) is 8.96. The van der Waals surface area contributed by atoms with Crippen LogP contribution >= 0.6 is 15.9 Å². The Kier molecular flexibility index (Phi) is 4.28. The molecule has 0 unspecified atom stereocenters. The Hall–Kier alpha value is -0.470. The van der Waals surface area contributed by atoms with Crippen molar-refractivity contribution in [3.63, 3.8) is 0 Å². The van der Waals surface area contributed by atoms with Crippen LogP contribution in [0.4, 0.5) is 0 Å². The van der Waals surface area contributed by atoms with Gasteiger partial charge < -0.3 is 0 Å². The third kappa shape index (κ3) is 2.92. The topological polar surface area (TPSA) is 68.1 Å². The highest BCUT2D eigenvalue weighted by atomic mass is 79.9. The Morgan fingerprint density at radius 1 is 1.25 bits per heavy atom. The van der Waals surface area contributed by atoms with E-state index in [2.05, 4.69) is 47.0 Å². The highest BCUT2D eigenvalue weighted by molar-refractivity contribution is 9.10. The Morgan fingerprint density at radius 3 is 2.20 bits per heavy atom. The molecule has 1 saturated heterocycles. The summed E-state index contributed by atoms with van der Waals surface area (Å²) in [5.41, 5.74) is 0.227. The molecular weight excluding hydrogens is 344 g/mol. The average molecular weight is 365 g/mol. The summed E-state index contributed by atoms with van der Waals surface area (Å²) in [6.07, 6.45) is 1.79. The number of hydrogen-bond donors (Lipinski definition) is 0. The minimum atomic E-state index is -3.52. The lowest BCUT2D eigenvalue weighted by Gasteiger charge is -2.38. The summed E-state index contributed by atoms with van der Waals surface area (Å²) >= 11 is 3.16. The lowest BCUT2D eigenvalue weighted by molar-refractivity contribution is 0.153. The van der Waals surface area contributed by atoms with Gasteiger partial charge in [-0.3, -0.25) is 0 Å². The quantitative estimate of drug-likeness (QED) is 0.804. The van der Waals surface area contributed by atoms with Crippen LogP contribution in [0.25, 0.3) is 0 Å². The molecule has 0 aromatic carbocycles. The lowest BCUT2D eigenvalue weighted by Crippen LogP contribution is -2.42. The van der Waals surface area contributed by atoms with Gasteiger partial charge in [-0.25, -0.2) is 13.1 Å². The first-order valence-corrected chi connectivity index (χ1v) is 8.92. The van der Waals surface area contributed by atoms with E-state index in [1.807, 2.05) is 0 Å². The van der Waals surface area contributed by atoms with Gasteiger partial charge in [0.2, 0.25) is 5.03 Å². The van der Waals surface area contributed by atoms with E-state index in [0.717, 1.165) is 12.8 Å². The SMILES string of the molecule is Cn1nnc(Br)c1S(=O)(=O)N1CCC(C(C)(C)C)CC1. The highest BCUT2D eigenvalue weighted by Gasteiger charge is 2.36. The van der Waals surface area contributed by atoms with Crippen molar-refractivity contribution >= 4 is 26.0 Å². The molecule has 0 saturated carbocycles. The van der Waals surface area contributed by atoms with Crippen molar-refractivity contribution in [3.8, 4) is 0 Å². The van der Waals surface area contributed by atoms with Crippen molar-refractivity contribution in [2.24, 2.45) is 18.4 Å². The number of aromatic nitrogens is 3. The van der Waals surface area contributed by atoms with Crippen molar-refractivity contribution in [1.29, 1.82) is 0 Å². The number of rotatable bonds is 2. The Bertz CT molecular complexity index is 564. The smallest absolute Gasteiger partial charge is 0.235 e. The van der Waals surface area contributed by atoms with Gasteiger partial charge in [0.05, 0.1) is 0 Å². The van der Waals surface area contributed by atoms with Crippen LogP contribution in [0.15, 0.2) is 9.63 Å². The van der Waals surface area contributed by atoms with Crippen LogP contribution in [-0.4, -0.2) is 40.8 Å². The summed E-state index contributed by atoms with van der Waals surface area (Å²) in [6, 6.07) is 0. The number of halogens is 1. The minimum Gasteiger partial charge on any atom is -0.235 e. The molecule has 1 aromatic heterocycles. The van der Waals surface area contributed by atoms with E-state index in [4.69, 9.17) is 0 Å². The number of sulfonamides is 1. The Balaban J connectivity index is 2.18. The molecule has 8 heteroatoms. The van der Waals surface area contributed by atoms with Gasteiger partial charge in [0.15, 0.2) is 4.60 Å². The van der Waals surface area contributed by atoms with Crippen LogP contribution in [-0.2, 0) is 17.1 Å². The molecule has 0 aliphatic carbocycles. The van der Waals surface area contributed by atoms with Crippen LogP contribution in [0.1, 0.15) is 33.6 Å². The molecule has 6 nitrogen and oxygen atoms in total. The molecule has 1 aromatic rings. The van der Waals surface area contributed by atoms with Crippen molar-refractivity contribution in [1.82, 2.24) is 19.3 Å². The largest absolute Gasteiger partial charge is 0.263 e. The number of hydrogen-bond acceptors (Lipinski definition) is 4. The van der Waals surface area contributed by atoms with E-state index < -0.39 is 10.0 Å². The second kappa shape index (κ2) is 5.38. The predicted molar refractivity (Wildman–Crippen MR) is 79.6 cm³/mol. The van der Waals surface area contributed by atoms with E-state index in [1.165, 1.54) is 4.68 Å². The summed E-state index contributed by atoms with van der Waals surface area (Å²) < 4.78 is 28.4. The molecule has 2 heterocycles. The molecule has 20 heavy (non-hydrogen) atoms. The van der Waals surface area contributed by atoms with E-state index in [-0.39, 0.29) is 15.0 Å². The zero-order valence-corrected chi connectivity index (χ0v) is 14.7. The Labute approximate surface area is 128 Å². The van der Waals surface area contributed by atoms with Crippen molar-refractivity contribution in [3.05, 3.63) is 4.60 Å². The van der Waals surface area contributed by atoms with Crippen LogP contribution in [0, 0.1) is 11.3 Å². The minimum absolute atomic E-state index is 0.131. The molecule has 0 bridgehead atoms. The van der Waals surface area contributed by atoms with Crippen molar-refractivity contribution in [2.75, 3.05) is 13.1 Å². The summed E-state index contributed by atoms with van der Waals surface area (Å²) in [4.78, 5) is 0. The summed E-state index contributed by atoms with van der Waals surface area (Å²) in [6.45, 7) is 7.75. The van der Waals surface area contributed by atoms with Gasteiger partial charge >= 0.3 is 0 Å². The standard InChI is InChI=1S/C12H21BrN4O2S/c1-12(2,3)9-5-7-17(8-6-9)20(18,19)11-10(13)14-15-16(11)4/h9H,5-8H2,1-4H3. The van der Waals surface area contributed by atoms with Gasteiger partial charge in [0.25, 0.3) is 10.0 Å². The Morgan fingerprint density at radius 2 is 1.80 bits per heavy atom. The molecule has 114 valence electrons. The first-order valence-electron chi connectivity index (χ1n) is 6.69. The maximum Gasteiger partial charge on any atom is 0.263 e. The van der Waals surface area contributed by atoms with Gasteiger partial charge in [-0.1, -0.05) is 26.0 Å². The monoisotopic (exact) mass is 364 g/mol. The van der Waals surface area contributed by atoms with Crippen molar-refractivity contribution in [2.45, 2.75) is 38.6 Å². The maximum absolute atomic E-state index is 12.6. The lowest BCUT2D eigenvalue weighted by atomic mass is 9.76. The molecule has 0 amide bonds. The van der Waals surface area contributed by atoms with Gasteiger partial charge in [0, 0.05) is 20.1 Å². The first-order chi connectivity index (χ1) is 9.14. The number of nitrogens with zero attached hydrogens (tertiary/aromatic N) is 4. The highest BCUT2D eigenvalue weighted by Crippen LogP contribution is 2.36. The van der Waals surface area contributed by atoms with E-state index in [0.29, 0.717) is 19.0 Å². The molecule has 1 aliphatic heterocycles. The summed E-state index contributed by atoms with van der Waals surface area (Å²) in [5, 5.41) is 7.63. The number of piperidine rings is 1. The van der Waals surface area contributed by atoms with Gasteiger partial charge in [-0.15, -0.1) is 5.10 Å². The molecule has 0 spiro atoms. The van der Waals surface area contributed by atoms with Crippen LogP contribution in [0.3, 0.4) is 0 Å². The molecule has 0 N–H and O–H groups in total. The van der Waals surface area contributed by atoms with Crippen LogP contribution < -0.4 is 0 Å². The third-order valence-corrected chi connectivity index (χ3v) is 6.79. The molecule has 1 aliphatic rings. The van der Waals surface area contributed by atoms with E-state index in [9.17, 15) is 8.42 Å². The molecule has 0 atom stereocenters. The number of aryl methyl sites for hydroxylation is 1. The molecule has 1 fully saturated rings. The van der Waals surface area contributed by atoms with E-state index in [1.54, 1.807) is 11.4 Å². The first kappa shape index (κ1) is 15.9. The van der Waals surface area contributed by atoms with E-state index >= 15 is 0 Å². The van der Waals surface area contributed by atoms with Gasteiger partial charge in [0.1, 0.15) is 0 Å². The fourth-order valence-electron chi connectivity index (χ4n) is 2.68. The maximum atomic E-state index is 12.6.